The lowest BCUT2D eigenvalue weighted by Gasteiger charge is -2.09. The SMILES string of the molecule is CCCNc1cc(Nc2ccc(Cl)cc2)ccn1. The van der Waals surface area contributed by atoms with Crippen molar-refractivity contribution in [2.45, 2.75) is 13.3 Å². The fraction of sp³-hybridized carbons (Fsp3) is 0.214. The summed E-state index contributed by atoms with van der Waals surface area (Å²) in [6.45, 7) is 3.06. The van der Waals surface area contributed by atoms with Crippen LogP contribution in [0.3, 0.4) is 0 Å². The van der Waals surface area contributed by atoms with Gasteiger partial charge in [0.1, 0.15) is 5.82 Å². The van der Waals surface area contributed by atoms with Crippen molar-refractivity contribution in [3.05, 3.63) is 47.6 Å². The summed E-state index contributed by atoms with van der Waals surface area (Å²) in [5.74, 6) is 0.885. The van der Waals surface area contributed by atoms with Crippen molar-refractivity contribution >= 4 is 28.8 Å². The van der Waals surface area contributed by atoms with E-state index in [9.17, 15) is 0 Å². The molecule has 2 N–H and O–H groups in total. The van der Waals surface area contributed by atoms with Crippen molar-refractivity contribution in [2.24, 2.45) is 0 Å². The maximum Gasteiger partial charge on any atom is 0.127 e. The summed E-state index contributed by atoms with van der Waals surface area (Å²) in [5.41, 5.74) is 2.01. The first-order valence-corrected chi connectivity index (χ1v) is 6.38. The average molecular weight is 262 g/mol. The molecule has 94 valence electrons. The van der Waals surface area contributed by atoms with Crippen molar-refractivity contribution < 1.29 is 0 Å². The molecular weight excluding hydrogens is 246 g/mol. The monoisotopic (exact) mass is 261 g/mol. The molecule has 2 rings (SSSR count). The quantitative estimate of drug-likeness (QED) is 0.843. The molecule has 0 aliphatic rings. The predicted molar refractivity (Wildman–Crippen MR) is 77.8 cm³/mol. The van der Waals surface area contributed by atoms with Crippen molar-refractivity contribution in [2.75, 3.05) is 17.2 Å². The molecule has 3 nitrogen and oxygen atoms in total. The van der Waals surface area contributed by atoms with Crippen LogP contribution in [-0.4, -0.2) is 11.5 Å². The second kappa shape index (κ2) is 6.26. The van der Waals surface area contributed by atoms with Crippen molar-refractivity contribution in [1.29, 1.82) is 0 Å². The summed E-state index contributed by atoms with van der Waals surface area (Å²) in [7, 11) is 0. The molecule has 1 aromatic heterocycles. The molecule has 1 aromatic carbocycles. The first kappa shape index (κ1) is 12.7. The highest BCUT2D eigenvalue weighted by Gasteiger charge is 1.97. The minimum Gasteiger partial charge on any atom is -0.370 e. The van der Waals surface area contributed by atoms with Crippen LogP contribution in [0, 0.1) is 0 Å². The van der Waals surface area contributed by atoms with Crippen LogP contribution in [-0.2, 0) is 0 Å². The summed E-state index contributed by atoms with van der Waals surface area (Å²) >= 11 is 5.85. The highest BCUT2D eigenvalue weighted by atomic mass is 35.5. The molecule has 0 saturated heterocycles. The molecule has 18 heavy (non-hydrogen) atoms. The molecular formula is C14H16ClN3. The van der Waals surface area contributed by atoms with Crippen LogP contribution in [0.15, 0.2) is 42.6 Å². The third-order valence-corrected chi connectivity index (χ3v) is 2.70. The van der Waals surface area contributed by atoms with Gasteiger partial charge in [0, 0.05) is 35.2 Å². The van der Waals surface area contributed by atoms with E-state index in [0.29, 0.717) is 0 Å². The lowest BCUT2D eigenvalue weighted by molar-refractivity contribution is 0.969. The van der Waals surface area contributed by atoms with Gasteiger partial charge in [-0.15, -0.1) is 0 Å². The first-order chi connectivity index (χ1) is 8.78. The fourth-order valence-corrected chi connectivity index (χ4v) is 1.68. The van der Waals surface area contributed by atoms with Gasteiger partial charge in [0.2, 0.25) is 0 Å². The van der Waals surface area contributed by atoms with Gasteiger partial charge < -0.3 is 10.6 Å². The van der Waals surface area contributed by atoms with E-state index in [2.05, 4.69) is 22.5 Å². The molecule has 2 aromatic rings. The number of pyridine rings is 1. The molecule has 0 spiro atoms. The predicted octanol–water partition coefficient (Wildman–Crippen LogP) is 4.30. The normalized spacial score (nSPS) is 10.1. The number of aromatic nitrogens is 1. The number of hydrogen-bond donors (Lipinski definition) is 2. The highest BCUT2D eigenvalue weighted by Crippen LogP contribution is 2.20. The lowest BCUT2D eigenvalue weighted by Crippen LogP contribution is -2.02. The Bertz CT molecular complexity index is 497. The molecule has 0 amide bonds. The molecule has 0 radical (unpaired) electrons. The van der Waals surface area contributed by atoms with Crippen LogP contribution < -0.4 is 10.6 Å². The van der Waals surface area contributed by atoms with E-state index in [1.165, 1.54) is 0 Å². The molecule has 0 aliphatic carbocycles. The number of nitrogens with one attached hydrogen (secondary N) is 2. The Morgan fingerprint density at radius 2 is 1.89 bits per heavy atom. The zero-order valence-electron chi connectivity index (χ0n) is 10.3. The third kappa shape index (κ3) is 3.64. The summed E-state index contributed by atoms with van der Waals surface area (Å²) < 4.78 is 0. The van der Waals surface area contributed by atoms with Crippen LogP contribution in [0.25, 0.3) is 0 Å². The Balaban J connectivity index is 2.06. The van der Waals surface area contributed by atoms with Gasteiger partial charge in [-0.25, -0.2) is 4.98 Å². The Hall–Kier alpha value is -1.74. The summed E-state index contributed by atoms with van der Waals surface area (Å²) in [4.78, 5) is 4.26. The van der Waals surface area contributed by atoms with Crippen LogP contribution in [0.4, 0.5) is 17.2 Å². The van der Waals surface area contributed by atoms with E-state index in [-0.39, 0.29) is 0 Å². The molecule has 0 bridgehead atoms. The van der Waals surface area contributed by atoms with Crippen LogP contribution in [0.2, 0.25) is 5.02 Å². The van der Waals surface area contributed by atoms with Crippen molar-refractivity contribution in [3.8, 4) is 0 Å². The van der Waals surface area contributed by atoms with E-state index < -0.39 is 0 Å². The number of benzene rings is 1. The molecule has 0 fully saturated rings. The smallest absolute Gasteiger partial charge is 0.127 e. The van der Waals surface area contributed by atoms with Gasteiger partial charge in [-0.2, -0.15) is 0 Å². The standard InChI is InChI=1S/C14H16ClN3/c1-2-8-16-14-10-13(7-9-17-14)18-12-5-3-11(15)4-6-12/h3-7,9-10H,2,8H2,1H3,(H2,16,17,18). The van der Waals surface area contributed by atoms with Gasteiger partial charge in [-0.3, -0.25) is 0 Å². The van der Waals surface area contributed by atoms with E-state index in [0.717, 1.165) is 35.2 Å². The highest BCUT2D eigenvalue weighted by molar-refractivity contribution is 6.30. The van der Waals surface area contributed by atoms with Crippen LogP contribution in [0.5, 0.6) is 0 Å². The Morgan fingerprint density at radius 1 is 1.11 bits per heavy atom. The second-order valence-electron chi connectivity index (χ2n) is 3.99. The van der Waals surface area contributed by atoms with Crippen molar-refractivity contribution in [3.63, 3.8) is 0 Å². The van der Waals surface area contributed by atoms with E-state index in [1.54, 1.807) is 6.20 Å². The fourth-order valence-electron chi connectivity index (χ4n) is 1.56. The van der Waals surface area contributed by atoms with Crippen LogP contribution >= 0.6 is 11.6 Å². The molecule has 0 unspecified atom stereocenters. The second-order valence-corrected chi connectivity index (χ2v) is 4.42. The number of anilines is 3. The van der Waals surface area contributed by atoms with Gasteiger partial charge in [0.15, 0.2) is 0 Å². The Kier molecular flexibility index (Phi) is 4.42. The zero-order chi connectivity index (χ0) is 12.8. The van der Waals surface area contributed by atoms with E-state index >= 15 is 0 Å². The van der Waals surface area contributed by atoms with Gasteiger partial charge in [0.05, 0.1) is 0 Å². The number of halogens is 1. The van der Waals surface area contributed by atoms with Crippen molar-refractivity contribution in [1.82, 2.24) is 4.98 Å². The Labute approximate surface area is 112 Å². The molecule has 0 aliphatic heterocycles. The minimum atomic E-state index is 0.737. The maximum absolute atomic E-state index is 5.85. The van der Waals surface area contributed by atoms with E-state index in [1.807, 2.05) is 36.4 Å². The van der Waals surface area contributed by atoms with Gasteiger partial charge in [-0.1, -0.05) is 18.5 Å². The lowest BCUT2D eigenvalue weighted by atomic mass is 10.3. The zero-order valence-corrected chi connectivity index (χ0v) is 11.0. The largest absolute Gasteiger partial charge is 0.370 e. The molecule has 1 heterocycles. The summed E-state index contributed by atoms with van der Waals surface area (Å²) in [6, 6.07) is 11.5. The average Bonchev–Trinajstić information content (AvgIpc) is 2.40. The minimum absolute atomic E-state index is 0.737. The maximum atomic E-state index is 5.85. The topological polar surface area (TPSA) is 37.0 Å². The number of rotatable bonds is 5. The molecule has 0 atom stereocenters. The summed E-state index contributed by atoms with van der Waals surface area (Å²) in [6.07, 6.45) is 2.87. The van der Waals surface area contributed by atoms with Gasteiger partial charge in [0.25, 0.3) is 0 Å². The third-order valence-electron chi connectivity index (χ3n) is 2.45. The molecule has 0 saturated carbocycles. The van der Waals surface area contributed by atoms with E-state index in [4.69, 9.17) is 11.6 Å². The van der Waals surface area contributed by atoms with Gasteiger partial charge in [-0.05, 0) is 36.8 Å². The first-order valence-electron chi connectivity index (χ1n) is 6.00. The summed E-state index contributed by atoms with van der Waals surface area (Å²) in [5, 5.41) is 7.30. The Morgan fingerprint density at radius 3 is 2.61 bits per heavy atom. The number of hydrogen-bond acceptors (Lipinski definition) is 3. The number of nitrogens with zero attached hydrogens (tertiary/aromatic N) is 1. The van der Waals surface area contributed by atoms with Crippen LogP contribution in [0.1, 0.15) is 13.3 Å². The van der Waals surface area contributed by atoms with Gasteiger partial charge >= 0.3 is 0 Å². The molecule has 4 heteroatoms.